The molecule has 0 fully saturated rings. The number of hydrogen-bond acceptors (Lipinski definition) is 8. The van der Waals surface area contributed by atoms with Gasteiger partial charge in [-0.2, -0.15) is 10.1 Å². The Balaban J connectivity index is 1.71. The molecule has 0 radical (unpaired) electrons. The van der Waals surface area contributed by atoms with Crippen molar-refractivity contribution < 1.29 is 23.8 Å². The molecule has 4 rings (SSSR count). The molecule has 0 spiro atoms. The summed E-state index contributed by atoms with van der Waals surface area (Å²) >= 11 is 0. The first-order valence-electron chi connectivity index (χ1n) is 9.98. The molecule has 1 aromatic heterocycles. The van der Waals surface area contributed by atoms with Crippen LogP contribution in [-0.4, -0.2) is 53.5 Å². The highest BCUT2D eigenvalue weighted by Gasteiger charge is 2.32. The van der Waals surface area contributed by atoms with Gasteiger partial charge in [0, 0.05) is 18.0 Å². The number of hydrogen-bond donors (Lipinski definition) is 1. The van der Waals surface area contributed by atoms with Crippen LogP contribution in [0.4, 0.5) is 4.79 Å². The van der Waals surface area contributed by atoms with E-state index in [1.165, 1.54) is 25.7 Å². The van der Waals surface area contributed by atoms with Gasteiger partial charge in [-0.1, -0.05) is 30.3 Å². The number of carbonyl (C=O) groups is 2. The Hall–Kier alpha value is -4.47. The number of ether oxygens (including phenoxy) is 3. The first-order chi connectivity index (χ1) is 16.1. The van der Waals surface area contributed by atoms with Crippen LogP contribution in [-0.2, 0) is 4.74 Å². The van der Waals surface area contributed by atoms with Gasteiger partial charge in [-0.05, 0) is 23.8 Å². The van der Waals surface area contributed by atoms with Crippen LogP contribution in [0.3, 0.4) is 0 Å². The van der Waals surface area contributed by atoms with Crippen LogP contribution < -0.4 is 14.8 Å². The van der Waals surface area contributed by atoms with E-state index in [1.807, 2.05) is 6.07 Å². The maximum absolute atomic E-state index is 12.8. The molecule has 0 saturated heterocycles. The second-order valence-corrected chi connectivity index (χ2v) is 6.89. The lowest BCUT2D eigenvalue weighted by molar-refractivity contribution is 0.0699. The third-order valence-corrected chi connectivity index (χ3v) is 4.89. The van der Waals surface area contributed by atoms with Gasteiger partial charge in [-0.15, -0.1) is 0 Å². The second-order valence-electron chi connectivity index (χ2n) is 6.89. The van der Waals surface area contributed by atoms with E-state index in [2.05, 4.69) is 20.4 Å². The van der Waals surface area contributed by atoms with Crippen LogP contribution in [0.25, 0.3) is 0 Å². The van der Waals surface area contributed by atoms with Crippen molar-refractivity contribution in [1.82, 2.24) is 20.3 Å². The minimum atomic E-state index is -0.941. The fourth-order valence-corrected chi connectivity index (χ4v) is 3.25. The summed E-state index contributed by atoms with van der Waals surface area (Å²) in [5, 5.41) is 8.41. The quantitative estimate of drug-likeness (QED) is 0.592. The van der Waals surface area contributed by atoms with E-state index in [4.69, 9.17) is 14.2 Å². The molecule has 2 amide bonds. The Morgan fingerprint density at radius 3 is 2.58 bits per heavy atom. The molecule has 10 heteroatoms. The van der Waals surface area contributed by atoms with Crippen LogP contribution in [0.15, 0.2) is 72.2 Å². The van der Waals surface area contributed by atoms with Crippen molar-refractivity contribution in [2.24, 2.45) is 5.10 Å². The van der Waals surface area contributed by atoms with Crippen LogP contribution in [0.1, 0.15) is 27.8 Å². The zero-order chi connectivity index (χ0) is 23.2. The van der Waals surface area contributed by atoms with E-state index in [0.29, 0.717) is 28.3 Å². The van der Waals surface area contributed by atoms with Crippen molar-refractivity contribution in [2.75, 3.05) is 20.8 Å². The fraction of sp³-hybridized carbons (Fsp3) is 0.174. The molecule has 0 bridgehead atoms. The SMILES string of the molecule is COc1ccc(C2=NN(C(NC(=O)c3cnccn3)c3ccccc3)C(=O)OC2)cc1OC. The highest BCUT2D eigenvalue weighted by Crippen LogP contribution is 2.29. The summed E-state index contributed by atoms with van der Waals surface area (Å²) in [6.45, 7) is -0.0373. The lowest BCUT2D eigenvalue weighted by Gasteiger charge is -2.31. The second kappa shape index (κ2) is 9.77. The van der Waals surface area contributed by atoms with Crippen molar-refractivity contribution in [2.45, 2.75) is 6.17 Å². The van der Waals surface area contributed by atoms with Crippen LogP contribution >= 0.6 is 0 Å². The smallest absolute Gasteiger partial charge is 0.433 e. The zero-order valence-electron chi connectivity index (χ0n) is 18.0. The standard InChI is InChI=1S/C23H21N5O5/c1-31-19-9-8-16(12-20(19)32-2)18-14-33-23(30)28(27-18)21(15-6-4-3-5-7-15)26-22(29)17-13-24-10-11-25-17/h3-13,21H,14H2,1-2H3,(H,26,29). The third-order valence-electron chi connectivity index (χ3n) is 4.89. The highest BCUT2D eigenvalue weighted by atomic mass is 16.6. The number of amides is 2. The monoisotopic (exact) mass is 447 g/mol. The van der Waals surface area contributed by atoms with Gasteiger partial charge in [0.1, 0.15) is 18.0 Å². The van der Waals surface area contributed by atoms with E-state index in [1.54, 1.807) is 49.6 Å². The summed E-state index contributed by atoms with van der Waals surface area (Å²) in [4.78, 5) is 33.4. The number of carbonyl (C=O) groups excluding carboxylic acids is 2. The number of nitrogens with one attached hydrogen (secondary N) is 1. The molecule has 1 atom stereocenters. The zero-order valence-corrected chi connectivity index (χ0v) is 18.0. The molecule has 1 N–H and O–H groups in total. The predicted molar refractivity (Wildman–Crippen MR) is 118 cm³/mol. The van der Waals surface area contributed by atoms with Gasteiger partial charge in [0.05, 0.1) is 20.4 Å². The molecule has 33 heavy (non-hydrogen) atoms. The Kier molecular flexibility index (Phi) is 6.44. The van der Waals surface area contributed by atoms with Crippen molar-refractivity contribution in [3.05, 3.63) is 83.9 Å². The Bertz CT molecular complexity index is 1170. The summed E-state index contributed by atoms with van der Waals surface area (Å²) in [5.74, 6) is 0.555. The van der Waals surface area contributed by atoms with Gasteiger partial charge in [0.2, 0.25) is 0 Å². The Morgan fingerprint density at radius 2 is 1.88 bits per heavy atom. The molecule has 10 nitrogen and oxygen atoms in total. The number of benzene rings is 2. The molecule has 0 saturated carbocycles. The number of hydrazone groups is 1. The lowest BCUT2D eigenvalue weighted by atomic mass is 10.1. The van der Waals surface area contributed by atoms with Gasteiger partial charge in [0.25, 0.3) is 5.91 Å². The molecule has 2 aromatic carbocycles. The van der Waals surface area contributed by atoms with Crippen LogP contribution in [0.5, 0.6) is 11.5 Å². The summed E-state index contributed by atoms with van der Waals surface area (Å²) < 4.78 is 16.0. The number of nitrogens with zero attached hydrogens (tertiary/aromatic N) is 4. The predicted octanol–water partition coefficient (Wildman–Crippen LogP) is 2.78. The minimum Gasteiger partial charge on any atom is -0.493 e. The number of cyclic esters (lactones) is 1. The lowest BCUT2D eigenvalue weighted by Crippen LogP contribution is -2.45. The molecule has 1 aliphatic heterocycles. The maximum atomic E-state index is 12.8. The van der Waals surface area contributed by atoms with Gasteiger partial charge >= 0.3 is 6.09 Å². The number of aromatic nitrogens is 2. The average molecular weight is 447 g/mol. The topological polar surface area (TPSA) is 115 Å². The maximum Gasteiger partial charge on any atom is 0.433 e. The van der Waals surface area contributed by atoms with E-state index in [9.17, 15) is 9.59 Å². The molecular weight excluding hydrogens is 426 g/mol. The largest absolute Gasteiger partial charge is 0.493 e. The van der Waals surface area contributed by atoms with Crippen molar-refractivity contribution in [3.63, 3.8) is 0 Å². The molecule has 3 aromatic rings. The molecule has 2 heterocycles. The number of methoxy groups -OCH3 is 2. The van der Waals surface area contributed by atoms with E-state index in [0.717, 1.165) is 5.01 Å². The summed E-state index contributed by atoms with van der Waals surface area (Å²) in [5.41, 5.74) is 1.89. The van der Waals surface area contributed by atoms with Crippen molar-refractivity contribution in [1.29, 1.82) is 0 Å². The van der Waals surface area contributed by atoms with E-state index in [-0.39, 0.29) is 12.3 Å². The molecule has 0 aliphatic carbocycles. The summed E-state index contributed by atoms with van der Waals surface area (Å²) in [7, 11) is 3.08. The first-order valence-corrected chi connectivity index (χ1v) is 9.98. The van der Waals surface area contributed by atoms with Crippen LogP contribution in [0.2, 0.25) is 0 Å². The fourth-order valence-electron chi connectivity index (χ4n) is 3.25. The van der Waals surface area contributed by atoms with Gasteiger partial charge < -0.3 is 19.5 Å². The van der Waals surface area contributed by atoms with E-state index < -0.39 is 18.2 Å². The highest BCUT2D eigenvalue weighted by molar-refractivity contribution is 6.04. The molecule has 1 unspecified atom stereocenters. The Morgan fingerprint density at radius 1 is 1.09 bits per heavy atom. The Labute approximate surface area is 189 Å². The first kappa shape index (κ1) is 21.8. The third kappa shape index (κ3) is 4.74. The van der Waals surface area contributed by atoms with E-state index >= 15 is 0 Å². The van der Waals surface area contributed by atoms with Crippen molar-refractivity contribution in [3.8, 4) is 11.5 Å². The summed E-state index contributed by atoms with van der Waals surface area (Å²) in [6, 6.07) is 14.2. The minimum absolute atomic E-state index is 0.0373. The van der Waals surface area contributed by atoms with Gasteiger partial charge in [0.15, 0.2) is 17.7 Å². The number of rotatable bonds is 7. The molecule has 168 valence electrons. The summed E-state index contributed by atoms with van der Waals surface area (Å²) in [6.07, 6.45) is 2.57. The molecular formula is C23H21N5O5. The van der Waals surface area contributed by atoms with Crippen LogP contribution in [0, 0.1) is 0 Å². The average Bonchev–Trinajstić information content (AvgIpc) is 2.88. The van der Waals surface area contributed by atoms with Gasteiger partial charge in [-0.3, -0.25) is 9.78 Å². The normalized spacial score (nSPS) is 14.1. The van der Waals surface area contributed by atoms with Gasteiger partial charge in [-0.25, -0.2) is 9.78 Å². The van der Waals surface area contributed by atoms with Crippen molar-refractivity contribution >= 4 is 17.7 Å². The molecule has 1 aliphatic rings.